The second-order valence-corrected chi connectivity index (χ2v) is 10.7. The molecule has 40 heavy (non-hydrogen) atoms. The number of carbonyl (C=O) groups excluding carboxylic acids is 1. The Morgan fingerprint density at radius 3 is 2.58 bits per heavy atom. The van der Waals surface area contributed by atoms with Crippen molar-refractivity contribution in [3.63, 3.8) is 0 Å². The van der Waals surface area contributed by atoms with E-state index in [1.54, 1.807) is 31.3 Å². The molecule has 2 aliphatic carbocycles. The fourth-order valence-electron chi connectivity index (χ4n) is 6.26. The normalized spacial score (nSPS) is 20.2. The number of hydrazine groups is 1. The van der Waals surface area contributed by atoms with Crippen LogP contribution in [0, 0.1) is 23.5 Å². The Balaban J connectivity index is 1.25. The Morgan fingerprint density at radius 1 is 1.05 bits per heavy atom. The molecule has 0 bridgehead atoms. The molecular formula is C33H32F2N4O. The molecule has 6 rings (SSSR count). The highest BCUT2D eigenvalue weighted by atomic mass is 19.1. The summed E-state index contributed by atoms with van der Waals surface area (Å²) in [6.07, 6.45) is 7.05. The second kappa shape index (κ2) is 10.6. The maximum atomic E-state index is 13.8. The van der Waals surface area contributed by atoms with Crippen LogP contribution in [-0.4, -0.2) is 13.1 Å². The van der Waals surface area contributed by atoms with E-state index in [1.165, 1.54) is 45.9 Å². The summed E-state index contributed by atoms with van der Waals surface area (Å²) in [5.41, 5.74) is 10.9. The summed E-state index contributed by atoms with van der Waals surface area (Å²) in [6, 6.07) is 22.1. The summed E-state index contributed by atoms with van der Waals surface area (Å²) in [4.78, 5) is 14.8. The van der Waals surface area contributed by atoms with Crippen LogP contribution in [0.5, 0.6) is 0 Å². The Bertz CT molecular complexity index is 1510. The molecule has 2 N–H and O–H groups in total. The zero-order valence-corrected chi connectivity index (χ0v) is 22.6. The van der Waals surface area contributed by atoms with Gasteiger partial charge in [0.05, 0.1) is 17.4 Å². The van der Waals surface area contributed by atoms with Crippen molar-refractivity contribution in [2.75, 3.05) is 17.0 Å². The van der Waals surface area contributed by atoms with Crippen LogP contribution in [0.1, 0.15) is 37.8 Å². The van der Waals surface area contributed by atoms with E-state index >= 15 is 0 Å². The van der Waals surface area contributed by atoms with E-state index in [9.17, 15) is 13.6 Å². The Kier molecular flexibility index (Phi) is 6.88. The smallest absolute Gasteiger partial charge is 0.322 e. The van der Waals surface area contributed by atoms with Crippen molar-refractivity contribution in [1.29, 1.82) is 0 Å². The molecule has 0 saturated heterocycles. The summed E-state index contributed by atoms with van der Waals surface area (Å²) in [5, 5.41) is 5.24. The van der Waals surface area contributed by atoms with Crippen LogP contribution in [-0.2, 0) is 0 Å². The number of anilines is 2. The van der Waals surface area contributed by atoms with Gasteiger partial charge in [-0.05, 0) is 84.9 Å². The van der Waals surface area contributed by atoms with Crippen LogP contribution in [0.15, 0.2) is 114 Å². The minimum atomic E-state index is -0.380. The van der Waals surface area contributed by atoms with E-state index in [4.69, 9.17) is 0 Å². The lowest BCUT2D eigenvalue weighted by Crippen LogP contribution is -2.40. The van der Waals surface area contributed by atoms with Crippen LogP contribution in [0.3, 0.4) is 0 Å². The topological polar surface area (TPSA) is 47.6 Å². The first-order valence-electron chi connectivity index (χ1n) is 13.7. The van der Waals surface area contributed by atoms with Crippen molar-refractivity contribution in [3.05, 3.63) is 131 Å². The Morgan fingerprint density at radius 2 is 1.82 bits per heavy atom. The molecule has 5 nitrogen and oxygen atoms in total. The number of halogens is 2. The largest absolute Gasteiger partial charge is 0.331 e. The van der Waals surface area contributed by atoms with Crippen molar-refractivity contribution < 1.29 is 13.6 Å². The third-order valence-electron chi connectivity index (χ3n) is 8.31. The number of nitrogens with one attached hydrogen (secondary N) is 2. The van der Waals surface area contributed by atoms with Crippen molar-refractivity contribution >= 4 is 17.4 Å². The Hall–Kier alpha value is -4.39. The van der Waals surface area contributed by atoms with E-state index in [1.807, 2.05) is 41.5 Å². The highest BCUT2D eigenvalue weighted by molar-refractivity contribution is 5.91. The van der Waals surface area contributed by atoms with Gasteiger partial charge in [0.15, 0.2) is 0 Å². The zero-order chi connectivity index (χ0) is 27.8. The maximum Gasteiger partial charge on any atom is 0.322 e. The van der Waals surface area contributed by atoms with Gasteiger partial charge in [-0.2, -0.15) is 0 Å². The third kappa shape index (κ3) is 4.88. The number of rotatable bonds is 6. The number of nitrogens with zero attached hydrogens (tertiary/aromatic N) is 2. The van der Waals surface area contributed by atoms with Gasteiger partial charge < -0.3 is 10.7 Å². The van der Waals surface area contributed by atoms with E-state index in [-0.39, 0.29) is 29.6 Å². The van der Waals surface area contributed by atoms with Crippen molar-refractivity contribution in [1.82, 2.24) is 10.7 Å². The van der Waals surface area contributed by atoms with E-state index in [2.05, 4.69) is 23.7 Å². The van der Waals surface area contributed by atoms with Crippen molar-refractivity contribution in [2.45, 2.75) is 32.2 Å². The minimum absolute atomic E-state index is 0.203. The zero-order valence-electron chi connectivity index (χ0n) is 22.6. The number of hydrogen-bond acceptors (Lipinski definition) is 3. The highest BCUT2D eigenvalue weighted by Crippen LogP contribution is 2.49. The third-order valence-corrected chi connectivity index (χ3v) is 8.31. The fourth-order valence-corrected chi connectivity index (χ4v) is 6.26. The average molecular weight is 539 g/mol. The van der Waals surface area contributed by atoms with Gasteiger partial charge in [-0.1, -0.05) is 48.9 Å². The molecule has 0 saturated carbocycles. The molecule has 3 atom stereocenters. The number of amides is 2. The minimum Gasteiger partial charge on any atom is -0.331 e. The van der Waals surface area contributed by atoms with Gasteiger partial charge in [-0.3, -0.25) is 9.91 Å². The molecule has 0 spiro atoms. The molecule has 0 fully saturated rings. The monoisotopic (exact) mass is 538 g/mol. The summed E-state index contributed by atoms with van der Waals surface area (Å²) in [5.74, 6) is -0.126. The first-order valence-corrected chi connectivity index (χ1v) is 13.7. The molecule has 3 aromatic carbocycles. The number of fused-ring (bicyclic) bond motifs is 1. The highest BCUT2D eigenvalue weighted by Gasteiger charge is 2.39. The summed E-state index contributed by atoms with van der Waals surface area (Å²) in [6.45, 7) is 2.25. The van der Waals surface area contributed by atoms with Gasteiger partial charge in [0.25, 0.3) is 0 Å². The van der Waals surface area contributed by atoms with Crippen molar-refractivity contribution in [2.24, 2.45) is 11.8 Å². The van der Waals surface area contributed by atoms with Crippen LogP contribution in [0.2, 0.25) is 0 Å². The molecule has 3 aliphatic rings. The molecular weight excluding hydrogens is 506 g/mol. The van der Waals surface area contributed by atoms with Gasteiger partial charge in [-0.25, -0.2) is 13.6 Å². The average Bonchev–Trinajstić information content (AvgIpc) is 3.58. The van der Waals surface area contributed by atoms with Gasteiger partial charge in [-0.15, -0.1) is 0 Å². The lowest BCUT2D eigenvalue weighted by molar-refractivity contribution is 0.241. The van der Waals surface area contributed by atoms with Gasteiger partial charge in [0, 0.05) is 30.4 Å². The molecule has 204 valence electrons. The SMILES string of the molecule is C[C@H]1C2=CNN(c3ccc(F)cc3)C2=CC2=C1[C@@H](CC(NC(=O)N(C)c1cccc(F)c1)c1ccccc1)CC2. The van der Waals surface area contributed by atoms with Crippen LogP contribution < -0.4 is 20.7 Å². The fraction of sp³-hybridized carbons (Fsp3) is 0.242. The first-order chi connectivity index (χ1) is 19.4. The molecule has 1 heterocycles. The number of allylic oxidation sites excluding steroid dienone is 4. The lowest BCUT2D eigenvalue weighted by atomic mass is 9.78. The van der Waals surface area contributed by atoms with Gasteiger partial charge in [0.1, 0.15) is 11.6 Å². The molecule has 0 radical (unpaired) electrons. The summed E-state index contributed by atoms with van der Waals surface area (Å²) in [7, 11) is 1.66. The number of urea groups is 1. The molecule has 1 unspecified atom stereocenters. The lowest BCUT2D eigenvalue weighted by Gasteiger charge is -2.32. The predicted molar refractivity (Wildman–Crippen MR) is 154 cm³/mol. The standard InChI is InChI=1S/C33H32F2N4O/c1-21-29-20-36-39(27-15-13-25(34)14-16-27)31(29)18-24-12-11-23(32(21)24)17-30(22-7-4-3-5-8-22)37-33(40)38(2)28-10-6-9-26(35)19-28/h3-10,13-16,18-21,23,30,36H,11-12,17H2,1-2H3,(H,37,40)/t21-,23+,30?/m0/s1. The van der Waals surface area contributed by atoms with E-state index in [0.29, 0.717) is 11.6 Å². The number of hydrogen-bond donors (Lipinski definition) is 2. The predicted octanol–water partition coefficient (Wildman–Crippen LogP) is 7.39. The maximum absolute atomic E-state index is 13.8. The quantitative estimate of drug-likeness (QED) is 0.344. The number of carbonyl (C=O) groups is 1. The van der Waals surface area contributed by atoms with Crippen LogP contribution in [0.25, 0.3) is 0 Å². The van der Waals surface area contributed by atoms with Crippen LogP contribution >= 0.6 is 0 Å². The van der Waals surface area contributed by atoms with Gasteiger partial charge >= 0.3 is 6.03 Å². The Labute approximate surface area is 233 Å². The number of benzene rings is 3. The van der Waals surface area contributed by atoms with Crippen molar-refractivity contribution in [3.8, 4) is 0 Å². The summed E-state index contributed by atoms with van der Waals surface area (Å²) >= 11 is 0. The summed E-state index contributed by atoms with van der Waals surface area (Å²) < 4.78 is 27.3. The molecule has 2 amide bonds. The van der Waals surface area contributed by atoms with Crippen LogP contribution in [0.4, 0.5) is 25.0 Å². The van der Waals surface area contributed by atoms with E-state index in [0.717, 1.165) is 36.2 Å². The molecule has 7 heteroatoms. The molecule has 0 aromatic heterocycles. The second-order valence-electron chi connectivity index (χ2n) is 10.7. The van der Waals surface area contributed by atoms with Gasteiger partial charge in [0.2, 0.25) is 0 Å². The molecule has 3 aromatic rings. The molecule has 1 aliphatic heterocycles. The first kappa shape index (κ1) is 25.9. The van der Waals surface area contributed by atoms with E-state index < -0.39 is 0 Å².